The van der Waals surface area contributed by atoms with Gasteiger partial charge in [-0.3, -0.25) is 14.3 Å². The summed E-state index contributed by atoms with van der Waals surface area (Å²) in [6.07, 6.45) is 2.46. The van der Waals surface area contributed by atoms with Crippen molar-refractivity contribution in [2.75, 3.05) is 23.8 Å². The van der Waals surface area contributed by atoms with Gasteiger partial charge < -0.3 is 20.1 Å². The number of halogens is 1. The predicted octanol–water partition coefficient (Wildman–Crippen LogP) is 4.11. The van der Waals surface area contributed by atoms with Crippen LogP contribution in [0.25, 0.3) is 11.3 Å². The second kappa shape index (κ2) is 8.69. The van der Waals surface area contributed by atoms with Gasteiger partial charge in [0.05, 0.1) is 29.5 Å². The molecule has 0 aliphatic carbocycles. The molecule has 31 heavy (non-hydrogen) atoms. The normalized spacial score (nSPS) is 12.7. The van der Waals surface area contributed by atoms with Gasteiger partial charge in [0.25, 0.3) is 5.91 Å². The van der Waals surface area contributed by atoms with Crippen LogP contribution in [0, 0.1) is 0 Å². The van der Waals surface area contributed by atoms with Crippen LogP contribution >= 0.6 is 11.6 Å². The Hall–Kier alpha value is -3.52. The van der Waals surface area contributed by atoms with E-state index in [1.807, 2.05) is 18.2 Å². The zero-order valence-electron chi connectivity index (χ0n) is 17.1. The van der Waals surface area contributed by atoms with Crippen LogP contribution in [0.4, 0.5) is 11.4 Å². The number of nitrogens with one attached hydrogen (secondary N) is 2. The van der Waals surface area contributed by atoms with Crippen LogP contribution in [0.15, 0.2) is 42.6 Å². The van der Waals surface area contributed by atoms with Crippen molar-refractivity contribution < 1.29 is 19.1 Å². The first-order valence-corrected chi connectivity index (χ1v) is 10.1. The molecule has 1 aliphatic rings. The molecule has 0 atom stereocenters. The number of amides is 2. The van der Waals surface area contributed by atoms with Crippen LogP contribution in [0.3, 0.4) is 0 Å². The number of aryl methyl sites for hydroxylation is 1. The number of anilines is 2. The lowest BCUT2D eigenvalue weighted by Gasteiger charge is -2.10. The van der Waals surface area contributed by atoms with Gasteiger partial charge in [-0.1, -0.05) is 11.6 Å². The molecule has 1 aromatic heterocycles. The summed E-state index contributed by atoms with van der Waals surface area (Å²) in [5.41, 5.74) is 2.64. The summed E-state index contributed by atoms with van der Waals surface area (Å²) in [6, 6.07) is 10.4. The second-order valence-corrected chi connectivity index (χ2v) is 7.51. The monoisotopic (exact) mass is 440 g/mol. The molecular formula is C22H21ClN4O4. The molecule has 4 rings (SSSR count). The van der Waals surface area contributed by atoms with E-state index in [0.29, 0.717) is 52.4 Å². The van der Waals surface area contributed by atoms with Crippen LogP contribution in [-0.4, -0.2) is 34.8 Å². The number of hydrogen-bond donors (Lipinski definition) is 2. The maximum Gasteiger partial charge on any atom is 0.259 e. The third kappa shape index (κ3) is 4.64. The highest BCUT2D eigenvalue weighted by atomic mass is 35.5. The Labute approximate surface area is 184 Å². The van der Waals surface area contributed by atoms with Crippen molar-refractivity contribution in [2.45, 2.75) is 13.3 Å². The van der Waals surface area contributed by atoms with Gasteiger partial charge in [0.2, 0.25) is 5.91 Å². The molecule has 0 spiro atoms. The Kier molecular flexibility index (Phi) is 5.81. The Morgan fingerprint density at radius 3 is 2.58 bits per heavy atom. The van der Waals surface area contributed by atoms with Crippen molar-refractivity contribution in [3.8, 4) is 22.8 Å². The minimum absolute atomic E-state index is 0.228. The van der Waals surface area contributed by atoms with E-state index in [4.69, 9.17) is 21.1 Å². The molecule has 1 aliphatic heterocycles. The number of carbonyl (C=O) groups excluding carboxylic acids is 2. The van der Waals surface area contributed by atoms with Crippen LogP contribution < -0.4 is 20.1 Å². The first-order chi connectivity index (χ1) is 14.9. The SMILES string of the molecule is CC(=O)Nc1ccc(NC(=O)c2cn(C)nc2-c2ccc3c(c2)OCCCO3)cc1Cl. The van der Waals surface area contributed by atoms with Crippen molar-refractivity contribution in [1.29, 1.82) is 0 Å². The summed E-state index contributed by atoms with van der Waals surface area (Å²) in [6.45, 7) is 2.57. The first-order valence-electron chi connectivity index (χ1n) is 9.73. The van der Waals surface area contributed by atoms with Crippen LogP contribution in [0.2, 0.25) is 5.02 Å². The fourth-order valence-corrected chi connectivity index (χ4v) is 3.49. The molecule has 160 valence electrons. The van der Waals surface area contributed by atoms with Crippen molar-refractivity contribution in [1.82, 2.24) is 9.78 Å². The van der Waals surface area contributed by atoms with E-state index in [2.05, 4.69) is 15.7 Å². The molecule has 2 N–H and O–H groups in total. The van der Waals surface area contributed by atoms with Gasteiger partial charge in [-0.2, -0.15) is 5.10 Å². The molecule has 8 nitrogen and oxygen atoms in total. The van der Waals surface area contributed by atoms with Crippen molar-refractivity contribution >= 4 is 34.8 Å². The fourth-order valence-electron chi connectivity index (χ4n) is 3.26. The average Bonchev–Trinajstić information content (AvgIpc) is 2.97. The van der Waals surface area contributed by atoms with Crippen molar-refractivity contribution in [3.63, 3.8) is 0 Å². The number of benzene rings is 2. The molecule has 3 aromatic rings. The lowest BCUT2D eigenvalue weighted by Crippen LogP contribution is -2.13. The number of carbonyl (C=O) groups is 2. The van der Waals surface area contributed by atoms with Gasteiger partial charge in [-0.15, -0.1) is 0 Å². The maximum absolute atomic E-state index is 13.0. The molecule has 2 amide bonds. The molecule has 0 unspecified atom stereocenters. The molecule has 0 radical (unpaired) electrons. The van der Waals surface area contributed by atoms with Crippen molar-refractivity contribution in [2.24, 2.45) is 7.05 Å². The van der Waals surface area contributed by atoms with Gasteiger partial charge >= 0.3 is 0 Å². The Balaban J connectivity index is 1.60. The maximum atomic E-state index is 13.0. The number of rotatable bonds is 4. The standard InChI is InChI=1S/C22H21ClN4O4/c1-13(28)24-18-6-5-15(11-17(18)23)25-22(29)16-12-27(2)26-21(16)14-4-7-19-20(10-14)31-9-3-8-30-19/h4-7,10-12H,3,8-9H2,1-2H3,(H,24,28)(H,25,29). The molecule has 0 saturated heterocycles. The lowest BCUT2D eigenvalue weighted by atomic mass is 10.1. The summed E-state index contributed by atoms with van der Waals surface area (Å²) in [4.78, 5) is 24.2. The summed E-state index contributed by atoms with van der Waals surface area (Å²) < 4.78 is 13.0. The minimum Gasteiger partial charge on any atom is -0.490 e. The van der Waals surface area contributed by atoms with E-state index in [0.717, 1.165) is 12.0 Å². The van der Waals surface area contributed by atoms with Gasteiger partial charge in [0.15, 0.2) is 11.5 Å². The van der Waals surface area contributed by atoms with E-state index in [-0.39, 0.29) is 11.8 Å². The zero-order chi connectivity index (χ0) is 22.0. The molecule has 0 bridgehead atoms. The van der Waals surface area contributed by atoms with E-state index >= 15 is 0 Å². The highest BCUT2D eigenvalue weighted by molar-refractivity contribution is 6.34. The third-order valence-electron chi connectivity index (χ3n) is 4.63. The molecule has 0 fully saturated rings. The van der Waals surface area contributed by atoms with Crippen LogP contribution in [0.5, 0.6) is 11.5 Å². The largest absolute Gasteiger partial charge is 0.490 e. The van der Waals surface area contributed by atoms with Crippen molar-refractivity contribution in [3.05, 3.63) is 53.2 Å². The topological polar surface area (TPSA) is 94.5 Å². The summed E-state index contributed by atoms with van der Waals surface area (Å²) in [5.74, 6) is 0.747. The van der Waals surface area contributed by atoms with Crippen LogP contribution in [0.1, 0.15) is 23.7 Å². The Morgan fingerprint density at radius 1 is 1.06 bits per heavy atom. The number of nitrogens with zero attached hydrogens (tertiary/aromatic N) is 2. The number of hydrogen-bond acceptors (Lipinski definition) is 5. The average molecular weight is 441 g/mol. The summed E-state index contributed by atoms with van der Waals surface area (Å²) in [7, 11) is 1.75. The van der Waals surface area contributed by atoms with Gasteiger partial charge in [0, 0.05) is 37.8 Å². The van der Waals surface area contributed by atoms with E-state index in [1.165, 1.54) is 6.92 Å². The third-order valence-corrected chi connectivity index (χ3v) is 4.94. The first kappa shape index (κ1) is 20.7. The summed E-state index contributed by atoms with van der Waals surface area (Å²) in [5, 5.41) is 10.2. The highest BCUT2D eigenvalue weighted by Crippen LogP contribution is 2.35. The lowest BCUT2D eigenvalue weighted by molar-refractivity contribution is -0.114. The minimum atomic E-state index is -0.335. The predicted molar refractivity (Wildman–Crippen MR) is 118 cm³/mol. The van der Waals surface area contributed by atoms with Gasteiger partial charge in [-0.25, -0.2) is 0 Å². The van der Waals surface area contributed by atoms with Gasteiger partial charge in [0.1, 0.15) is 5.69 Å². The second-order valence-electron chi connectivity index (χ2n) is 7.11. The summed E-state index contributed by atoms with van der Waals surface area (Å²) >= 11 is 6.21. The van der Waals surface area contributed by atoms with E-state index in [9.17, 15) is 9.59 Å². The molecule has 0 saturated carbocycles. The number of ether oxygens (including phenoxy) is 2. The molecule has 2 aromatic carbocycles. The van der Waals surface area contributed by atoms with E-state index < -0.39 is 0 Å². The Morgan fingerprint density at radius 2 is 1.84 bits per heavy atom. The molecule has 9 heteroatoms. The zero-order valence-corrected chi connectivity index (χ0v) is 17.8. The number of fused-ring (bicyclic) bond motifs is 1. The fraction of sp³-hybridized carbons (Fsp3) is 0.227. The highest BCUT2D eigenvalue weighted by Gasteiger charge is 2.20. The smallest absolute Gasteiger partial charge is 0.259 e. The van der Waals surface area contributed by atoms with E-state index in [1.54, 1.807) is 36.1 Å². The Bertz CT molecular complexity index is 1160. The van der Waals surface area contributed by atoms with Gasteiger partial charge in [-0.05, 0) is 36.4 Å². The quantitative estimate of drug-likeness (QED) is 0.636. The molecular weight excluding hydrogens is 420 g/mol. The molecule has 2 heterocycles. The van der Waals surface area contributed by atoms with Crippen LogP contribution in [-0.2, 0) is 11.8 Å². The number of aromatic nitrogens is 2.